The van der Waals surface area contributed by atoms with E-state index < -0.39 is 0 Å². The van der Waals surface area contributed by atoms with Crippen molar-refractivity contribution in [3.8, 4) is 0 Å². The number of fused-ring (bicyclic) bond motifs is 1. The Balaban J connectivity index is 1.77. The van der Waals surface area contributed by atoms with Gasteiger partial charge in [-0.25, -0.2) is 0 Å². The molecule has 0 aromatic heterocycles. The Hall–Kier alpha value is -1.62. The lowest BCUT2D eigenvalue weighted by Crippen LogP contribution is -2.25. The Kier molecular flexibility index (Phi) is 4.44. The quantitative estimate of drug-likeness (QED) is 0.490. The Morgan fingerprint density at radius 2 is 1.46 bits per heavy atom. The third-order valence-corrected chi connectivity index (χ3v) is 5.15. The van der Waals surface area contributed by atoms with Crippen LogP contribution >= 0.6 is 31.9 Å². The zero-order valence-corrected chi connectivity index (χ0v) is 15.9. The van der Waals surface area contributed by atoms with Crippen LogP contribution in [0.2, 0.25) is 0 Å². The third-order valence-electron chi connectivity index (χ3n) is 4.13. The van der Waals surface area contributed by atoms with Gasteiger partial charge >= 0.3 is 0 Å². The van der Waals surface area contributed by atoms with Crippen LogP contribution in [0.1, 0.15) is 29.0 Å². The minimum atomic E-state index is -0.183. The molecule has 3 aromatic carbocycles. The second-order valence-corrected chi connectivity index (χ2v) is 7.57. The van der Waals surface area contributed by atoms with E-state index in [9.17, 15) is 0 Å². The monoisotopic (exact) mass is 443 g/mol. The summed E-state index contributed by atoms with van der Waals surface area (Å²) >= 11 is 7.06. The van der Waals surface area contributed by atoms with E-state index in [2.05, 4.69) is 79.6 Å². The van der Waals surface area contributed by atoms with E-state index in [1.165, 1.54) is 0 Å². The largest absolute Gasteiger partial charge is 0.356 e. The molecule has 2 nitrogen and oxygen atoms in total. The molecule has 3 aromatic rings. The minimum Gasteiger partial charge on any atom is -0.356 e. The summed E-state index contributed by atoms with van der Waals surface area (Å²) in [4.78, 5) is 0. The van der Waals surface area contributed by atoms with Crippen molar-refractivity contribution >= 4 is 37.5 Å². The number of anilines is 1. The molecule has 1 heterocycles. The zero-order valence-electron chi connectivity index (χ0n) is 12.7. The topological polar surface area (TPSA) is 21.3 Å². The number of benzene rings is 3. The van der Waals surface area contributed by atoms with Crippen LogP contribution in [-0.2, 0) is 4.74 Å². The Morgan fingerprint density at radius 1 is 0.750 bits per heavy atom. The van der Waals surface area contributed by atoms with Crippen molar-refractivity contribution < 1.29 is 4.74 Å². The highest BCUT2D eigenvalue weighted by atomic mass is 79.9. The summed E-state index contributed by atoms with van der Waals surface area (Å²) in [6, 6.07) is 24.8. The molecule has 0 amide bonds. The van der Waals surface area contributed by atoms with Crippen molar-refractivity contribution in [1.82, 2.24) is 0 Å². The maximum absolute atomic E-state index is 6.43. The fraction of sp³-hybridized carbons (Fsp3) is 0.100. The van der Waals surface area contributed by atoms with Crippen molar-refractivity contribution in [2.75, 3.05) is 5.32 Å². The van der Waals surface area contributed by atoms with Crippen LogP contribution in [-0.4, -0.2) is 0 Å². The number of rotatable bonds is 2. The number of ether oxygens (including phenoxy) is 1. The van der Waals surface area contributed by atoms with E-state index in [0.717, 1.165) is 31.3 Å². The molecule has 0 bridgehead atoms. The van der Waals surface area contributed by atoms with Gasteiger partial charge in [0.05, 0.1) is 0 Å². The van der Waals surface area contributed by atoms with Gasteiger partial charge in [-0.05, 0) is 35.9 Å². The first-order valence-corrected chi connectivity index (χ1v) is 9.31. The maximum Gasteiger partial charge on any atom is 0.155 e. The normalized spacial score (nSPS) is 19.4. The van der Waals surface area contributed by atoms with Gasteiger partial charge in [0.25, 0.3) is 0 Å². The summed E-state index contributed by atoms with van der Waals surface area (Å²) in [7, 11) is 0. The van der Waals surface area contributed by atoms with E-state index in [-0.39, 0.29) is 12.3 Å². The van der Waals surface area contributed by atoms with Crippen LogP contribution in [0.15, 0.2) is 81.7 Å². The standard InChI is InChI=1S/C20H15Br2NO/c21-15-8-6-14(7-9-15)20-23-18-11-10-16(22)12-17(18)19(24-20)13-4-2-1-3-5-13/h1-12,19-20,23H/t19-,20+/m1/s1. The van der Waals surface area contributed by atoms with Crippen molar-refractivity contribution in [3.63, 3.8) is 0 Å². The molecule has 0 saturated heterocycles. The van der Waals surface area contributed by atoms with Crippen molar-refractivity contribution in [2.24, 2.45) is 0 Å². The fourth-order valence-corrected chi connectivity index (χ4v) is 3.60. The number of hydrogen-bond acceptors (Lipinski definition) is 2. The van der Waals surface area contributed by atoms with Crippen LogP contribution in [0.5, 0.6) is 0 Å². The molecule has 0 aliphatic carbocycles. The van der Waals surface area contributed by atoms with E-state index in [4.69, 9.17) is 4.74 Å². The highest BCUT2D eigenvalue weighted by Gasteiger charge is 2.29. The first-order chi connectivity index (χ1) is 11.7. The lowest BCUT2D eigenvalue weighted by atomic mass is 9.97. The molecule has 0 radical (unpaired) electrons. The third kappa shape index (κ3) is 3.14. The molecule has 2 atom stereocenters. The lowest BCUT2D eigenvalue weighted by molar-refractivity contribution is 0.0157. The van der Waals surface area contributed by atoms with E-state index >= 15 is 0 Å². The van der Waals surface area contributed by atoms with Gasteiger partial charge in [0, 0.05) is 25.8 Å². The predicted octanol–water partition coefficient (Wildman–Crippen LogP) is 6.44. The second kappa shape index (κ2) is 6.71. The molecule has 4 heteroatoms. The van der Waals surface area contributed by atoms with Gasteiger partial charge in [0.2, 0.25) is 0 Å². The van der Waals surface area contributed by atoms with E-state index in [1.54, 1.807) is 0 Å². The van der Waals surface area contributed by atoms with Gasteiger partial charge in [-0.1, -0.05) is 74.3 Å². The van der Waals surface area contributed by atoms with Crippen molar-refractivity contribution in [3.05, 3.63) is 98.4 Å². The number of nitrogens with one attached hydrogen (secondary N) is 1. The molecular formula is C20H15Br2NO. The Bertz CT molecular complexity index is 849. The van der Waals surface area contributed by atoms with Crippen molar-refractivity contribution in [1.29, 1.82) is 0 Å². The molecule has 120 valence electrons. The molecule has 1 aliphatic rings. The predicted molar refractivity (Wildman–Crippen MR) is 104 cm³/mol. The lowest BCUT2D eigenvalue weighted by Gasteiger charge is -2.34. The molecule has 4 rings (SSSR count). The molecule has 24 heavy (non-hydrogen) atoms. The average Bonchev–Trinajstić information content (AvgIpc) is 2.62. The minimum absolute atomic E-state index is 0.103. The SMILES string of the molecule is Brc1ccc([C@H]2Nc3ccc(Br)cc3[C@@H](c3ccccc3)O2)cc1. The zero-order chi connectivity index (χ0) is 16.5. The van der Waals surface area contributed by atoms with Crippen LogP contribution in [0.25, 0.3) is 0 Å². The number of hydrogen-bond donors (Lipinski definition) is 1. The molecule has 0 fully saturated rings. The average molecular weight is 445 g/mol. The van der Waals surface area contributed by atoms with E-state index in [1.807, 2.05) is 30.3 Å². The smallest absolute Gasteiger partial charge is 0.155 e. The summed E-state index contributed by atoms with van der Waals surface area (Å²) in [6.07, 6.45) is -0.287. The molecule has 0 spiro atoms. The fourth-order valence-electron chi connectivity index (χ4n) is 2.95. The van der Waals surface area contributed by atoms with Crippen LogP contribution in [0, 0.1) is 0 Å². The van der Waals surface area contributed by atoms with Crippen molar-refractivity contribution in [2.45, 2.75) is 12.3 Å². The summed E-state index contributed by atoms with van der Waals surface area (Å²) in [6.45, 7) is 0. The van der Waals surface area contributed by atoms with Gasteiger partial charge in [-0.15, -0.1) is 0 Å². The van der Waals surface area contributed by atoms with Gasteiger partial charge in [0.15, 0.2) is 6.23 Å². The Morgan fingerprint density at radius 3 is 2.21 bits per heavy atom. The summed E-state index contributed by atoms with van der Waals surface area (Å²) in [5.74, 6) is 0. The van der Waals surface area contributed by atoms with Gasteiger partial charge in [-0.2, -0.15) is 0 Å². The van der Waals surface area contributed by atoms with Crippen LogP contribution < -0.4 is 5.32 Å². The Labute approximate surface area is 158 Å². The van der Waals surface area contributed by atoms with E-state index in [0.29, 0.717) is 0 Å². The molecule has 0 saturated carbocycles. The highest BCUT2D eigenvalue weighted by Crippen LogP contribution is 2.42. The highest BCUT2D eigenvalue weighted by molar-refractivity contribution is 9.10. The van der Waals surface area contributed by atoms with Crippen LogP contribution in [0.4, 0.5) is 5.69 Å². The number of halogens is 2. The first-order valence-electron chi connectivity index (χ1n) is 7.72. The van der Waals surface area contributed by atoms with Gasteiger partial charge < -0.3 is 10.1 Å². The summed E-state index contributed by atoms with van der Waals surface area (Å²) in [5, 5.41) is 3.50. The molecular weight excluding hydrogens is 430 g/mol. The second-order valence-electron chi connectivity index (χ2n) is 5.73. The maximum atomic E-state index is 6.43. The summed E-state index contributed by atoms with van der Waals surface area (Å²) in [5.41, 5.74) is 4.50. The summed E-state index contributed by atoms with van der Waals surface area (Å²) < 4.78 is 8.54. The molecule has 0 unspecified atom stereocenters. The first kappa shape index (κ1) is 15.9. The molecule has 1 aliphatic heterocycles. The van der Waals surface area contributed by atoms with Gasteiger partial charge in [0.1, 0.15) is 6.10 Å². The van der Waals surface area contributed by atoms with Crippen LogP contribution in [0.3, 0.4) is 0 Å². The van der Waals surface area contributed by atoms with Gasteiger partial charge in [-0.3, -0.25) is 0 Å². The molecule has 1 N–H and O–H groups in total.